The predicted molar refractivity (Wildman–Crippen MR) is 129 cm³/mol. The van der Waals surface area contributed by atoms with Crippen molar-refractivity contribution in [3.8, 4) is 11.5 Å². The molecule has 1 amide bonds. The number of carbonyl (C=O) groups excluding carboxylic acids is 1. The van der Waals surface area contributed by atoms with E-state index >= 15 is 0 Å². The van der Waals surface area contributed by atoms with E-state index in [0.717, 1.165) is 28.2 Å². The fraction of sp³-hybridized carbons (Fsp3) is 0.259. The number of amides is 1. The molecule has 0 bridgehead atoms. The summed E-state index contributed by atoms with van der Waals surface area (Å²) in [5.74, 6) is 1.45. The fourth-order valence-electron chi connectivity index (χ4n) is 3.35. The Morgan fingerprint density at radius 3 is 2.39 bits per heavy atom. The molecule has 0 spiro atoms. The number of methoxy groups -OCH3 is 2. The molecule has 33 heavy (non-hydrogen) atoms. The number of hydrogen-bond donors (Lipinski definition) is 0. The number of rotatable bonds is 11. The molecule has 0 saturated heterocycles. The minimum Gasteiger partial charge on any atom is -0.497 e. The summed E-state index contributed by atoms with van der Waals surface area (Å²) in [7, 11) is 3.28. The van der Waals surface area contributed by atoms with Crippen LogP contribution in [0.4, 0.5) is 0 Å². The zero-order valence-corrected chi connectivity index (χ0v) is 19.3. The summed E-state index contributed by atoms with van der Waals surface area (Å²) in [5.41, 5.74) is 2.92. The van der Waals surface area contributed by atoms with Crippen LogP contribution < -0.4 is 9.47 Å². The lowest BCUT2D eigenvalue weighted by atomic mass is 10.1. The van der Waals surface area contributed by atoms with Crippen LogP contribution in [0, 0.1) is 0 Å². The van der Waals surface area contributed by atoms with E-state index in [4.69, 9.17) is 14.2 Å². The topological polar surface area (TPSA) is 60.9 Å². The molecule has 0 aliphatic heterocycles. The van der Waals surface area contributed by atoms with Gasteiger partial charge in [-0.25, -0.2) is 0 Å². The second-order valence-corrected chi connectivity index (χ2v) is 7.69. The largest absolute Gasteiger partial charge is 0.497 e. The average molecular weight is 447 g/mol. The molecule has 1 aromatic heterocycles. The molecule has 172 valence electrons. The van der Waals surface area contributed by atoms with Gasteiger partial charge in [-0.1, -0.05) is 24.3 Å². The highest BCUT2D eigenvalue weighted by molar-refractivity contribution is 5.91. The lowest BCUT2D eigenvalue weighted by molar-refractivity contribution is -0.127. The van der Waals surface area contributed by atoms with Gasteiger partial charge >= 0.3 is 0 Å². The first-order chi connectivity index (χ1) is 16.1. The van der Waals surface area contributed by atoms with E-state index in [2.05, 4.69) is 4.98 Å². The summed E-state index contributed by atoms with van der Waals surface area (Å²) >= 11 is 0. The van der Waals surface area contributed by atoms with Crippen molar-refractivity contribution in [3.05, 3.63) is 95.8 Å². The van der Waals surface area contributed by atoms with E-state index < -0.39 is 0 Å². The van der Waals surface area contributed by atoms with Crippen LogP contribution in [0.25, 0.3) is 6.08 Å². The maximum atomic E-state index is 13.1. The highest BCUT2D eigenvalue weighted by Crippen LogP contribution is 2.19. The molecule has 3 rings (SSSR count). The summed E-state index contributed by atoms with van der Waals surface area (Å²) in [5, 5.41) is 0. The van der Waals surface area contributed by atoms with Crippen LogP contribution in [0.3, 0.4) is 0 Å². The molecule has 0 aliphatic carbocycles. The van der Waals surface area contributed by atoms with Crippen LogP contribution in [-0.2, 0) is 22.6 Å². The zero-order valence-electron chi connectivity index (χ0n) is 19.3. The Bertz CT molecular complexity index is 1040. The van der Waals surface area contributed by atoms with E-state index in [1.165, 1.54) is 0 Å². The van der Waals surface area contributed by atoms with Gasteiger partial charge in [0.2, 0.25) is 5.91 Å². The monoisotopic (exact) mass is 446 g/mol. The van der Waals surface area contributed by atoms with Gasteiger partial charge < -0.3 is 19.1 Å². The summed E-state index contributed by atoms with van der Waals surface area (Å²) in [4.78, 5) is 19.0. The van der Waals surface area contributed by atoms with E-state index in [0.29, 0.717) is 19.7 Å². The first-order valence-electron chi connectivity index (χ1n) is 10.8. The molecule has 2 aromatic carbocycles. The number of nitrogens with zero attached hydrogens (tertiary/aromatic N) is 2. The molecule has 1 atom stereocenters. The zero-order chi connectivity index (χ0) is 23.5. The quantitative estimate of drug-likeness (QED) is 0.398. The summed E-state index contributed by atoms with van der Waals surface area (Å²) in [6.07, 6.45) is 6.82. The molecule has 0 unspecified atom stereocenters. The first kappa shape index (κ1) is 24.0. The SMILES string of the molecule is COC[C@H](C)Oc1cccc(CN(Cc2ccncc2)C(=O)/C=C/c2ccc(OC)cc2)c1. The van der Waals surface area contributed by atoms with Gasteiger partial charge in [-0.2, -0.15) is 0 Å². The Labute approximate surface area is 195 Å². The maximum Gasteiger partial charge on any atom is 0.247 e. The lowest BCUT2D eigenvalue weighted by Crippen LogP contribution is -2.28. The smallest absolute Gasteiger partial charge is 0.247 e. The maximum absolute atomic E-state index is 13.1. The van der Waals surface area contributed by atoms with Gasteiger partial charge in [0.25, 0.3) is 0 Å². The van der Waals surface area contributed by atoms with Gasteiger partial charge in [0.15, 0.2) is 0 Å². The minimum absolute atomic E-state index is 0.0627. The molecular formula is C27H30N2O4. The predicted octanol–water partition coefficient (Wildman–Crippen LogP) is 4.75. The van der Waals surface area contributed by atoms with Crippen molar-refractivity contribution in [1.82, 2.24) is 9.88 Å². The molecule has 6 nitrogen and oxygen atoms in total. The highest BCUT2D eigenvalue weighted by Gasteiger charge is 2.13. The minimum atomic E-state index is -0.0818. The Balaban J connectivity index is 1.76. The van der Waals surface area contributed by atoms with Crippen molar-refractivity contribution in [2.45, 2.75) is 26.1 Å². The normalized spacial score (nSPS) is 11.8. The standard InChI is InChI=1S/C27H30N2O4/c1-21(20-31-2)33-26-6-4-5-24(17-26)19-29(18-23-13-15-28-16-14-23)27(30)12-9-22-7-10-25(32-3)11-8-22/h4-17,21H,18-20H2,1-3H3/b12-9+/t21-/m0/s1. The van der Waals surface area contributed by atoms with Crippen LogP contribution in [0.15, 0.2) is 79.1 Å². The van der Waals surface area contributed by atoms with Crippen LogP contribution in [-0.4, -0.2) is 42.7 Å². The van der Waals surface area contributed by atoms with E-state index in [1.54, 1.807) is 37.6 Å². The molecule has 3 aromatic rings. The third-order valence-electron chi connectivity index (χ3n) is 4.98. The van der Waals surface area contributed by atoms with E-state index in [9.17, 15) is 4.79 Å². The lowest BCUT2D eigenvalue weighted by Gasteiger charge is -2.22. The molecule has 0 saturated carbocycles. The highest BCUT2D eigenvalue weighted by atomic mass is 16.5. The molecule has 0 N–H and O–H groups in total. The van der Waals surface area contributed by atoms with Crippen molar-refractivity contribution in [1.29, 1.82) is 0 Å². The molecule has 0 radical (unpaired) electrons. The van der Waals surface area contributed by atoms with Crippen LogP contribution in [0.2, 0.25) is 0 Å². The van der Waals surface area contributed by atoms with Crippen molar-refractivity contribution >= 4 is 12.0 Å². The number of ether oxygens (including phenoxy) is 3. The van der Waals surface area contributed by atoms with Gasteiger partial charge in [-0.3, -0.25) is 9.78 Å². The van der Waals surface area contributed by atoms with Gasteiger partial charge in [-0.05, 0) is 66.1 Å². The summed E-state index contributed by atoms with van der Waals surface area (Å²) in [6, 6.07) is 19.2. The first-order valence-corrected chi connectivity index (χ1v) is 10.8. The van der Waals surface area contributed by atoms with Crippen molar-refractivity contribution < 1.29 is 19.0 Å². The Hall–Kier alpha value is -3.64. The average Bonchev–Trinajstić information content (AvgIpc) is 2.83. The van der Waals surface area contributed by atoms with Crippen LogP contribution >= 0.6 is 0 Å². The number of hydrogen-bond acceptors (Lipinski definition) is 5. The summed E-state index contributed by atoms with van der Waals surface area (Å²) in [6.45, 7) is 3.38. The molecule has 6 heteroatoms. The second-order valence-electron chi connectivity index (χ2n) is 7.69. The summed E-state index contributed by atoms with van der Waals surface area (Å²) < 4.78 is 16.3. The van der Waals surface area contributed by atoms with E-state index in [1.807, 2.05) is 73.7 Å². The van der Waals surface area contributed by atoms with Crippen LogP contribution in [0.1, 0.15) is 23.6 Å². The van der Waals surface area contributed by atoms with Crippen molar-refractivity contribution in [2.24, 2.45) is 0 Å². The number of aromatic nitrogens is 1. The third kappa shape index (κ3) is 7.77. The number of pyridine rings is 1. The third-order valence-corrected chi connectivity index (χ3v) is 4.98. The molecule has 0 fully saturated rings. The van der Waals surface area contributed by atoms with Gasteiger partial charge in [0, 0.05) is 38.7 Å². The Kier molecular flexibility index (Phi) is 9.03. The Morgan fingerprint density at radius 2 is 1.70 bits per heavy atom. The van der Waals surface area contributed by atoms with Gasteiger partial charge in [0.1, 0.15) is 17.6 Å². The molecule has 0 aliphatic rings. The van der Waals surface area contributed by atoms with Gasteiger partial charge in [-0.15, -0.1) is 0 Å². The van der Waals surface area contributed by atoms with Crippen LogP contribution in [0.5, 0.6) is 11.5 Å². The fourth-order valence-corrected chi connectivity index (χ4v) is 3.35. The van der Waals surface area contributed by atoms with E-state index in [-0.39, 0.29) is 12.0 Å². The van der Waals surface area contributed by atoms with Gasteiger partial charge in [0.05, 0.1) is 13.7 Å². The van der Waals surface area contributed by atoms with Crippen molar-refractivity contribution in [2.75, 3.05) is 20.8 Å². The second kappa shape index (κ2) is 12.4. The number of benzene rings is 2. The Morgan fingerprint density at radius 1 is 0.970 bits per heavy atom. The molecular weight excluding hydrogens is 416 g/mol. The molecule has 1 heterocycles. The number of carbonyl (C=O) groups is 1. The van der Waals surface area contributed by atoms with Crippen molar-refractivity contribution in [3.63, 3.8) is 0 Å².